The molecule has 0 spiro atoms. The smallest absolute Gasteiger partial charge is 0.248 e. The Hall–Kier alpha value is -2.17. The van der Waals surface area contributed by atoms with Crippen LogP contribution in [-0.4, -0.2) is 25.7 Å². The fraction of sp³-hybridized carbons (Fsp3) is 0.458. The topological polar surface area (TPSA) is 64.4 Å². The van der Waals surface area contributed by atoms with Gasteiger partial charge in [-0.3, -0.25) is 4.79 Å². The Morgan fingerprint density at radius 1 is 0.786 bits per heavy atom. The van der Waals surface area contributed by atoms with E-state index >= 15 is 0 Å². The number of ether oxygens (including phenoxy) is 1. The predicted octanol–water partition coefficient (Wildman–Crippen LogP) is 4.48. The fourth-order valence-electron chi connectivity index (χ4n) is 3.11. The van der Waals surface area contributed by atoms with Gasteiger partial charge in [0.25, 0.3) is 0 Å². The molecule has 0 aromatic heterocycles. The van der Waals surface area contributed by atoms with Crippen molar-refractivity contribution in [2.24, 2.45) is 5.73 Å². The molecule has 2 aromatic rings. The Bertz CT molecular complexity index is 656. The first-order chi connectivity index (χ1) is 13.8. The maximum Gasteiger partial charge on any atom is 0.248 e. The molecule has 2 rings (SSSR count). The molecule has 0 aliphatic rings. The number of amides is 1. The second-order valence-corrected chi connectivity index (χ2v) is 7.21. The standard InChI is InChI=1S/C24H34N2O2/c25-24(27)23-15-13-21(14-16-23)10-6-9-19-28-18-8-2-1-7-17-26-20-22-11-4-3-5-12-22/h3-5,11-16,26H,1-2,6-10,17-20H2,(H2,25,27). The van der Waals surface area contributed by atoms with Gasteiger partial charge in [-0.1, -0.05) is 55.3 Å². The number of nitrogens with two attached hydrogens (primary N) is 1. The first-order valence-corrected chi connectivity index (χ1v) is 10.5. The summed E-state index contributed by atoms with van der Waals surface area (Å²) in [4.78, 5) is 11.0. The Morgan fingerprint density at radius 3 is 2.18 bits per heavy atom. The summed E-state index contributed by atoms with van der Waals surface area (Å²) in [7, 11) is 0. The number of primary amides is 1. The van der Waals surface area contributed by atoms with Crippen LogP contribution < -0.4 is 11.1 Å². The second-order valence-electron chi connectivity index (χ2n) is 7.21. The van der Waals surface area contributed by atoms with Crippen molar-refractivity contribution in [3.8, 4) is 0 Å². The van der Waals surface area contributed by atoms with E-state index in [0.717, 1.165) is 52.0 Å². The molecular formula is C24H34N2O2. The summed E-state index contributed by atoms with van der Waals surface area (Å²) < 4.78 is 5.73. The van der Waals surface area contributed by atoms with Crippen molar-refractivity contribution in [3.63, 3.8) is 0 Å². The number of unbranched alkanes of at least 4 members (excludes halogenated alkanes) is 4. The van der Waals surface area contributed by atoms with Gasteiger partial charge in [-0.15, -0.1) is 0 Å². The molecule has 0 radical (unpaired) electrons. The number of nitrogens with one attached hydrogen (secondary N) is 1. The molecule has 2 aromatic carbocycles. The number of rotatable bonds is 15. The van der Waals surface area contributed by atoms with Gasteiger partial charge in [0.05, 0.1) is 0 Å². The maximum atomic E-state index is 11.0. The minimum atomic E-state index is -0.372. The van der Waals surface area contributed by atoms with Gasteiger partial charge in [-0.25, -0.2) is 0 Å². The highest BCUT2D eigenvalue weighted by atomic mass is 16.5. The number of carbonyl (C=O) groups excluding carboxylic acids is 1. The molecule has 1 amide bonds. The van der Waals surface area contributed by atoms with Crippen LogP contribution in [0.1, 0.15) is 60.0 Å². The summed E-state index contributed by atoms with van der Waals surface area (Å²) in [5, 5.41) is 3.49. The van der Waals surface area contributed by atoms with Crippen LogP contribution in [0.2, 0.25) is 0 Å². The third-order valence-corrected chi connectivity index (χ3v) is 4.81. The molecule has 0 fully saturated rings. The lowest BCUT2D eigenvalue weighted by Crippen LogP contribution is -2.14. The zero-order chi connectivity index (χ0) is 19.9. The van der Waals surface area contributed by atoms with Crippen molar-refractivity contribution >= 4 is 5.91 Å². The van der Waals surface area contributed by atoms with Crippen LogP contribution >= 0.6 is 0 Å². The van der Waals surface area contributed by atoms with E-state index in [1.807, 2.05) is 12.1 Å². The van der Waals surface area contributed by atoms with Crippen LogP contribution in [0.4, 0.5) is 0 Å². The van der Waals surface area contributed by atoms with Crippen molar-refractivity contribution in [1.82, 2.24) is 5.32 Å². The Labute approximate surface area is 169 Å². The quantitative estimate of drug-likeness (QED) is 0.447. The Kier molecular flexibility index (Phi) is 11.0. The molecule has 152 valence electrons. The third kappa shape index (κ3) is 9.67. The number of hydrogen-bond acceptors (Lipinski definition) is 3. The summed E-state index contributed by atoms with van der Waals surface area (Å²) in [5.74, 6) is -0.372. The summed E-state index contributed by atoms with van der Waals surface area (Å²) in [6.07, 6.45) is 8.04. The number of benzene rings is 2. The SMILES string of the molecule is NC(=O)c1ccc(CCCCOCCCCCCNCc2ccccc2)cc1. The maximum absolute atomic E-state index is 11.0. The van der Waals surface area contributed by atoms with Gasteiger partial charge >= 0.3 is 0 Å². The third-order valence-electron chi connectivity index (χ3n) is 4.81. The molecule has 4 heteroatoms. The van der Waals surface area contributed by atoms with Crippen molar-refractivity contribution in [1.29, 1.82) is 0 Å². The second kappa shape index (κ2) is 13.9. The highest BCUT2D eigenvalue weighted by molar-refractivity contribution is 5.92. The molecule has 0 saturated heterocycles. The number of aryl methyl sites for hydroxylation is 1. The van der Waals surface area contributed by atoms with Crippen LogP contribution in [0, 0.1) is 0 Å². The summed E-state index contributed by atoms with van der Waals surface area (Å²) in [6.45, 7) is 3.73. The van der Waals surface area contributed by atoms with Crippen LogP contribution in [0.3, 0.4) is 0 Å². The molecule has 0 heterocycles. The lowest BCUT2D eigenvalue weighted by atomic mass is 10.1. The van der Waals surface area contributed by atoms with E-state index in [1.54, 1.807) is 12.1 Å². The van der Waals surface area contributed by atoms with Gasteiger partial charge in [0.1, 0.15) is 0 Å². The predicted molar refractivity (Wildman–Crippen MR) is 115 cm³/mol. The van der Waals surface area contributed by atoms with Crippen LogP contribution in [0.25, 0.3) is 0 Å². The molecule has 0 bridgehead atoms. The first kappa shape index (κ1) is 22.1. The van der Waals surface area contributed by atoms with Gasteiger partial charge in [-0.05, 0) is 61.9 Å². The van der Waals surface area contributed by atoms with E-state index < -0.39 is 0 Å². The van der Waals surface area contributed by atoms with E-state index in [0.29, 0.717) is 5.56 Å². The first-order valence-electron chi connectivity index (χ1n) is 10.5. The molecule has 4 nitrogen and oxygen atoms in total. The average Bonchev–Trinajstić information content (AvgIpc) is 2.72. The van der Waals surface area contributed by atoms with E-state index in [9.17, 15) is 4.79 Å². The van der Waals surface area contributed by atoms with Crippen LogP contribution in [0.5, 0.6) is 0 Å². The van der Waals surface area contributed by atoms with Gasteiger partial charge in [0.2, 0.25) is 5.91 Å². The minimum Gasteiger partial charge on any atom is -0.381 e. The van der Waals surface area contributed by atoms with Gasteiger partial charge in [0, 0.05) is 25.3 Å². The minimum absolute atomic E-state index is 0.372. The molecule has 0 aliphatic heterocycles. The van der Waals surface area contributed by atoms with E-state index in [2.05, 4.69) is 35.6 Å². The van der Waals surface area contributed by atoms with Gasteiger partial charge in [-0.2, -0.15) is 0 Å². The van der Waals surface area contributed by atoms with Crippen LogP contribution in [-0.2, 0) is 17.7 Å². The summed E-state index contributed by atoms with van der Waals surface area (Å²) >= 11 is 0. The molecule has 3 N–H and O–H groups in total. The lowest BCUT2D eigenvalue weighted by molar-refractivity contribution is 0.100. The highest BCUT2D eigenvalue weighted by Gasteiger charge is 2.00. The molecule has 0 aliphatic carbocycles. The Morgan fingerprint density at radius 2 is 1.46 bits per heavy atom. The molecular weight excluding hydrogens is 348 g/mol. The number of hydrogen-bond donors (Lipinski definition) is 2. The molecule has 0 saturated carbocycles. The van der Waals surface area contributed by atoms with Crippen molar-refractivity contribution in [3.05, 3.63) is 71.3 Å². The normalized spacial score (nSPS) is 10.9. The van der Waals surface area contributed by atoms with E-state index in [4.69, 9.17) is 10.5 Å². The van der Waals surface area contributed by atoms with E-state index in [1.165, 1.54) is 30.4 Å². The van der Waals surface area contributed by atoms with Crippen LogP contribution in [0.15, 0.2) is 54.6 Å². The zero-order valence-corrected chi connectivity index (χ0v) is 16.9. The summed E-state index contributed by atoms with van der Waals surface area (Å²) in [5.41, 5.74) is 8.40. The lowest BCUT2D eigenvalue weighted by Gasteiger charge is -2.06. The average molecular weight is 383 g/mol. The van der Waals surface area contributed by atoms with Gasteiger partial charge in [0.15, 0.2) is 0 Å². The van der Waals surface area contributed by atoms with Gasteiger partial charge < -0.3 is 15.8 Å². The summed E-state index contributed by atoms with van der Waals surface area (Å²) in [6, 6.07) is 18.1. The molecule has 0 unspecified atom stereocenters. The monoisotopic (exact) mass is 382 g/mol. The Balaban J connectivity index is 1.34. The highest BCUT2D eigenvalue weighted by Crippen LogP contribution is 2.08. The molecule has 28 heavy (non-hydrogen) atoms. The fourth-order valence-corrected chi connectivity index (χ4v) is 3.11. The largest absolute Gasteiger partial charge is 0.381 e. The molecule has 0 atom stereocenters. The van der Waals surface area contributed by atoms with E-state index in [-0.39, 0.29) is 5.91 Å². The zero-order valence-electron chi connectivity index (χ0n) is 16.9. The van der Waals surface area contributed by atoms with Crippen molar-refractivity contribution in [2.75, 3.05) is 19.8 Å². The number of carbonyl (C=O) groups is 1. The van der Waals surface area contributed by atoms with Crippen molar-refractivity contribution in [2.45, 2.75) is 51.5 Å². The van der Waals surface area contributed by atoms with Crippen molar-refractivity contribution < 1.29 is 9.53 Å².